The van der Waals surface area contributed by atoms with Crippen molar-refractivity contribution >= 4 is 19.2 Å². The van der Waals surface area contributed by atoms with Gasteiger partial charge >= 0.3 is 0 Å². The second kappa shape index (κ2) is 8.47. The Balaban J connectivity index is 1.49. The Morgan fingerprint density at radius 2 is 2.03 bits per heavy atom. The van der Waals surface area contributed by atoms with E-state index in [-0.39, 0.29) is 11.1 Å². The third-order valence-electron chi connectivity index (χ3n) is 8.07. The second-order valence-corrected chi connectivity index (χ2v) is 15.7. The molecule has 6 heteroatoms. The monoisotopic (exact) mass is 442 g/mol. The average molecular weight is 443 g/mol. The Labute approximate surface area is 187 Å². The highest BCUT2D eigenvalue weighted by atomic mass is 28.4. The van der Waals surface area contributed by atoms with E-state index in [1.165, 1.54) is 6.42 Å². The van der Waals surface area contributed by atoms with Crippen LogP contribution in [0.3, 0.4) is 0 Å². The molecule has 5 nitrogen and oxygen atoms in total. The maximum Gasteiger partial charge on any atom is 0.191 e. The van der Waals surface area contributed by atoms with E-state index in [0.717, 1.165) is 48.3 Å². The number of aliphatic hydroxyl groups is 1. The molecular formula is C25H38N2O3Si. The third kappa shape index (κ3) is 4.40. The molecule has 3 aliphatic heterocycles. The van der Waals surface area contributed by atoms with Crippen molar-refractivity contribution in [2.24, 2.45) is 11.8 Å². The molecule has 0 spiro atoms. The van der Waals surface area contributed by atoms with Gasteiger partial charge in [-0.1, -0.05) is 20.8 Å². The van der Waals surface area contributed by atoms with Gasteiger partial charge in [0.25, 0.3) is 0 Å². The van der Waals surface area contributed by atoms with E-state index < -0.39 is 14.4 Å². The molecule has 3 aliphatic rings. The summed E-state index contributed by atoms with van der Waals surface area (Å²) in [5.41, 5.74) is 1.85. The summed E-state index contributed by atoms with van der Waals surface area (Å²) in [4.78, 5) is 6.98. The number of fused-ring (bicyclic) bond motifs is 4. The molecule has 0 saturated carbocycles. The van der Waals surface area contributed by atoms with Gasteiger partial charge in [-0.05, 0) is 79.2 Å². The molecule has 5 atom stereocenters. The van der Waals surface area contributed by atoms with Crippen LogP contribution in [0.15, 0.2) is 30.5 Å². The summed E-state index contributed by atoms with van der Waals surface area (Å²) in [5, 5.41) is 12.7. The number of rotatable bonds is 6. The maximum atomic E-state index is 11.4. The second-order valence-electron chi connectivity index (χ2n) is 10.9. The first-order valence-corrected chi connectivity index (χ1v) is 14.5. The fourth-order valence-electron chi connectivity index (χ4n) is 4.97. The van der Waals surface area contributed by atoms with Crippen LogP contribution in [0, 0.1) is 11.8 Å². The van der Waals surface area contributed by atoms with Crippen molar-refractivity contribution in [3.63, 3.8) is 0 Å². The molecule has 2 aromatic rings. The first-order chi connectivity index (χ1) is 14.6. The van der Waals surface area contributed by atoms with Gasteiger partial charge in [-0.15, -0.1) is 0 Å². The number of aromatic nitrogens is 1. The van der Waals surface area contributed by atoms with E-state index in [4.69, 9.17) is 9.16 Å². The lowest BCUT2D eigenvalue weighted by Gasteiger charge is -2.52. The lowest BCUT2D eigenvalue weighted by atomic mass is 9.74. The first-order valence-electron chi connectivity index (χ1n) is 11.6. The highest BCUT2D eigenvalue weighted by molar-refractivity contribution is 6.74. The Morgan fingerprint density at radius 3 is 2.68 bits per heavy atom. The summed E-state index contributed by atoms with van der Waals surface area (Å²) >= 11 is 0. The van der Waals surface area contributed by atoms with E-state index in [0.29, 0.717) is 11.8 Å². The number of hydrogen-bond donors (Lipinski definition) is 1. The van der Waals surface area contributed by atoms with E-state index in [1.807, 2.05) is 24.3 Å². The van der Waals surface area contributed by atoms with Gasteiger partial charge < -0.3 is 14.3 Å². The minimum Gasteiger partial charge on any atom is -0.497 e. The lowest BCUT2D eigenvalue weighted by molar-refractivity contribution is -0.0658. The van der Waals surface area contributed by atoms with Crippen molar-refractivity contribution in [3.8, 4) is 5.75 Å². The number of aliphatic hydroxyl groups excluding tert-OH is 1. The largest absolute Gasteiger partial charge is 0.497 e. The summed E-state index contributed by atoms with van der Waals surface area (Å²) in [6.45, 7) is 14.5. The van der Waals surface area contributed by atoms with E-state index >= 15 is 0 Å². The summed E-state index contributed by atoms with van der Waals surface area (Å²) in [6.07, 6.45) is 3.52. The van der Waals surface area contributed by atoms with E-state index in [9.17, 15) is 5.11 Å². The predicted octanol–water partition coefficient (Wildman–Crippen LogP) is 5.01. The Bertz CT molecular complexity index is 927. The minimum atomic E-state index is -1.73. The number of benzene rings is 1. The SMILES string of the molecule is COc1ccc2nccc([C@@H](O)[C@@H]3C[C@@H]4CCN3C[C@@H]4CO[Si](C)(C)C(C)(C)C)c2c1. The van der Waals surface area contributed by atoms with Crippen LogP contribution in [0.25, 0.3) is 10.9 Å². The first kappa shape index (κ1) is 22.7. The van der Waals surface area contributed by atoms with Gasteiger partial charge in [-0.25, -0.2) is 0 Å². The standard InChI is InChI=1S/C25H38N2O3Si/c1-25(2,3)31(5,6)30-16-18-15-27-12-10-17(18)13-23(27)24(28)20-9-11-26-22-8-7-19(29-4)14-21(20)22/h7-9,11,14,17-18,23-24,28H,10,12-13,15-16H2,1-6H3/t17-,18+,23-,24+/m0/s1. The summed E-state index contributed by atoms with van der Waals surface area (Å²) in [5.74, 6) is 1.99. The fraction of sp³-hybridized carbons (Fsp3) is 0.640. The quantitative estimate of drug-likeness (QED) is 0.638. The van der Waals surface area contributed by atoms with Crippen LogP contribution in [0.1, 0.15) is 45.3 Å². The number of hydrogen-bond acceptors (Lipinski definition) is 5. The number of piperidine rings is 3. The summed E-state index contributed by atoms with van der Waals surface area (Å²) < 4.78 is 12.0. The van der Waals surface area contributed by atoms with Gasteiger partial charge in [0, 0.05) is 30.8 Å². The molecule has 1 aromatic carbocycles. The molecule has 1 N–H and O–H groups in total. The smallest absolute Gasteiger partial charge is 0.191 e. The average Bonchev–Trinajstić information content (AvgIpc) is 2.76. The van der Waals surface area contributed by atoms with Crippen LogP contribution < -0.4 is 4.74 Å². The highest BCUT2D eigenvalue weighted by Crippen LogP contribution is 2.43. The molecule has 0 radical (unpaired) electrons. The number of methoxy groups -OCH3 is 1. The molecule has 31 heavy (non-hydrogen) atoms. The van der Waals surface area contributed by atoms with Gasteiger partial charge in [0.1, 0.15) is 5.75 Å². The van der Waals surface area contributed by atoms with Crippen molar-refractivity contribution in [1.29, 1.82) is 0 Å². The molecule has 4 heterocycles. The van der Waals surface area contributed by atoms with Crippen LogP contribution in [0.2, 0.25) is 18.1 Å². The Hall–Kier alpha value is -1.47. The van der Waals surface area contributed by atoms with Crippen molar-refractivity contribution in [2.75, 3.05) is 26.8 Å². The topological polar surface area (TPSA) is 54.8 Å². The highest BCUT2D eigenvalue weighted by Gasteiger charge is 2.45. The molecular weight excluding hydrogens is 404 g/mol. The maximum absolute atomic E-state index is 11.4. The lowest BCUT2D eigenvalue weighted by Crippen LogP contribution is -2.57. The molecule has 3 saturated heterocycles. The molecule has 1 aromatic heterocycles. The normalized spacial score (nSPS) is 27.5. The van der Waals surface area contributed by atoms with Crippen molar-refractivity contribution in [3.05, 3.63) is 36.0 Å². The fourth-order valence-corrected chi connectivity index (χ4v) is 6.03. The molecule has 1 unspecified atom stereocenters. The van der Waals surface area contributed by atoms with Gasteiger partial charge in [-0.3, -0.25) is 9.88 Å². The zero-order valence-corrected chi connectivity index (χ0v) is 20.9. The van der Waals surface area contributed by atoms with Crippen LogP contribution in [0.5, 0.6) is 5.75 Å². The zero-order valence-electron chi connectivity index (χ0n) is 19.9. The van der Waals surface area contributed by atoms with E-state index in [1.54, 1.807) is 13.3 Å². The molecule has 5 rings (SSSR count). The summed E-state index contributed by atoms with van der Waals surface area (Å²) in [6, 6.07) is 8.00. The molecule has 2 bridgehead atoms. The summed E-state index contributed by atoms with van der Waals surface area (Å²) in [7, 11) is -0.0621. The van der Waals surface area contributed by atoms with Gasteiger partial charge in [-0.2, -0.15) is 0 Å². The predicted molar refractivity (Wildman–Crippen MR) is 128 cm³/mol. The molecule has 3 fully saturated rings. The van der Waals surface area contributed by atoms with Crippen LogP contribution in [-0.4, -0.2) is 56.2 Å². The number of nitrogens with zero attached hydrogens (tertiary/aromatic N) is 2. The van der Waals surface area contributed by atoms with Crippen LogP contribution in [0.4, 0.5) is 0 Å². The van der Waals surface area contributed by atoms with Crippen molar-refractivity contribution in [2.45, 2.75) is 63.9 Å². The molecule has 0 amide bonds. The third-order valence-corrected chi connectivity index (χ3v) is 12.6. The Morgan fingerprint density at radius 1 is 1.26 bits per heavy atom. The van der Waals surface area contributed by atoms with Gasteiger partial charge in [0.15, 0.2) is 8.32 Å². The number of ether oxygens (including phenoxy) is 1. The van der Waals surface area contributed by atoms with Crippen molar-refractivity contribution < 1.29 is 14.3 Å². The van der Waals surface area contributed by atoms with Crippen LogP contribution in [-0.2, 0) is 4.43 Å². The zero-order chi connectivity index (χ0) is 22.4. The van der Waals surface area contributed by atoms with E-state index in [2.05, 4.69) is 43.7 Å². The molecule has 170 valence electrons. The van der Waals surface area contributed by atoms with Gasteiger partial charge in [0.05, 0.1) is 18.7 Å². The van der Waals surface area contributed by atoms with Crippen LogP contribution >= 0.6 is 0 Å². The molecule has 0 aliphatic carbocycles. The van der Waals surface area contributed by atoms with Crippen molar-refractivity contribution in [1.82, 2.24) is 9.88 Å². The Kier molecular flexibility index (Phi) is 6.20. The van der Waals surface area contributed by atoms with Gasteiger partial charge in [0.2, 0.25) is 0 Å². The number of pyridine rings is 1. The minimum absolute atomic E-state index is 0.152.